The first-order valence-electron chi connectivity index (χ1n) is 6.08. The van der Waals surface area contributed by atoms with Crippen molar-refractivity contribution in [1.29, 1.82) is 0 Å². The smallest absolute Gasteiger partial charge is 0.378 e. The third-order valence-corrected chi connectivity index (χ3v) is 3.25. The molecule has 0 bridgehead atoms. The van der Waals surface area contributed by atoms with E-state index in [0.29, 0.717) is 5.69 Å². The van der Waals surface area contributed by atoms with Gasteiger partial charge in [-0.25, -0.2) is 0 Å². The molecule has 1 aromatic heterocycles. The minimum Gasteiger partial charge on any atom is -0.378 e. The van der Waals surface area contributed by atoms with Crippen LogP contribution in [-0.4, -0.2) is 28.5 Å². The van der Waals surface area contributed by atoms with E-state index >= 15 is 0 Å². The molecule has 0 saturated heterocycles. The van der Waals surface area contributed by atoms with Gasteiger partial charge in [-0.1, -0.05) is 12.8 Å². The summed E-state index contributed by atoms with van der Waals surface area (Å²) in [7, 11) is 0. The minimum absolute atomic E-state index is 0.0973. The molecule has 1 N–H and O–H groups in total. The zero-order valence-electron chi connectivity index (χ0n) is 10.6. The summed E-state index contributed by atoms with van der Waals surface area (Å²) >= 11 is 1.87. The van der Waals surface area contributed by atoms with Crippen LogP contribution in [0.4, 0.5) is 11.5 Å². The Hall–Kier alpha value is -1.30. The van der Waals surface area contributed by atoms with Crippen molar-refractivity contribution in [2.45, 2.75) is 25.7 Å². The molecule has 0 unspecified atom stereocenters. The molecule has 5 nitrogen and oxygen atoms in total. The molecular weight excluding hydrogens is 250 g/mol. The average molecular weight is 269 g/mol. The Balaban J connectivity index is 2.25. The number of nitrogens with zero attached hydrogens (tertiary/aromatic N) is 2. The minimum atomic E-state index is -0.458. The second-order valence-corrected chi connectivity index (χ2v) is 4.95. The molecule has 18 heavy (non-hydrogen) atoms. The van der Waals surface area contributed by atoms with Crippen LogP contribution in [0.5, 0.6) is 0 Å². The van der Waals surface area contributed by atoms with E-state index < -0.39 is 4.92 Å². The highest BCUT2D eigenvalue weighted by atomic mass is 32.2. The number of rotatable bonds is 9. The van der Waals surface area contributed by atoms with E-state index in [1.165, 1.54) is 24.8 Å². The summed E-state index contributed by atoms with van der Waals surface area (Å²) in [6.07, 6.45) is 8.20. The first-order chi connectivity index (χ1) is 8.75. The Kier molecular flexibility index (Phi) is 7.17. The average Bonchev–Trinajstić information content (AvgIpc) is 2.38. The molecule has 0 atom stereocenters. The number of thioether (sulfide) groups is 1. The summed E-state index contributed by atoms with van der Waals surface area (Å²) in [6.45, 7) is 0.756. The SMILES string of the molecule is CSCCCCCCNc1cccnc1[N+](=O)[O-]. The van der Waals surface area contributed by atoms with Crippen molar-refractivity contribution in [2.24, 2.45) is 0 Å². The zero-order chi connectivity index (χ0) is 13.2. The highest BCUT2D eigenvalue weighted by molar-refractivity contribution is 7.98. The lowest BCUT2D eigenvalue weighted by molar-refractivity contribution is -0.388. The zero-order valence-corrected chi connectivity index (χ0v) is 11.4. The van der Waals surface area contributed by atoms with Gasteiger partial charge in [-0.2, -0.15) is 11.8 Å². The molecule has 1 rings (SSSR count). The number of hydrogen-bond donors (Lipinski definition) is 1. The van der Waals surface area contributed by atoms with Gasteiger partial charge in [0.05, 0.1) is 0 Å². The van der Waals surface area contributed by atoms with Crippen molar-refractivity contribution < 1.29 is 4.92 Å². The highest BCUT2D eigenvalue weighted by Crippen LogP contribution is 2.19. The number of unbranched alkanes of at least 4 members (excludes halogenated alkanes) is 3. The van der Waals surface area contributed by atoms with E-state index in [-0.39, 0.29) is 5.82 Å². The van der Waals surface area contributed by atoms with E-state index in [2.05, 4.69) is 16.6 Å². The van der Waals surface area contributed by atoms with Crippen LogP contribution >= 0.6 is 11.8 Å². The van der Waals surface area contributed by atoms with Crippen LogP contribution in [0.25, 0.3) is 0 Å². The summed E-state index contributed by atoms with van der Waals surface area (Å²) in [4.78, 5) is 14.0. The van der Waals surface area contributed by atoms with Crippen LogP contribution in [0.2, 0.25) is 0 Å². The third-order valence-electron chi connectivity index (χ3n) is 2.55. The topological polar surface area (TPSA) is 68.1 Å². The Morgan fingerprint density at radius 1 is 1.39 bits per heavy atom. The van der Waals surface area contributed by atoms with Crippen molar-refractivity contribution in [2.75, 3.05) is 23.9 Å². The number of nitrogens with one attached hydrogen (secondary N) is 1. The number of aromatic nitrogens is 1. The fraction of sp³-hybridized carbons (Fsp3) is 0.583. The second-order valence-electron chi connectivity index (χ2n) is 3.97. The van der Waals surface area contributed by atoms with Gasteiger partial charge in [0.2, 0.25) is 0 Å². The molecule has 0 amide bonds. The molecule has 0 aliphatic heterocycles. The molecule has 0 aliphatic rings. The molecular formula is C12H19N3O2S. The van der Waals surface area contributed by atoms with E-state index in [4.69, 9.17) is 0 Å². The first-order valence-corrected chi connectivity index (χ1v) is 7.47. The van der Waals surface area contributed by atoms with Crippen molar-refractivity contribution >= 4 is 23.3 Å². The van der Waals surface area contributed by atoms with Gasteiger partial charge in [0.1, 0.15) is 11.9 Å². The predicted octanol–water partition coefficient (Wildman–Crippen LogP) is 3.33. The summed E-state index contributed by atoms with van der Waals surface area (Å²) in [6, 6.07) is 3.40. The van der Waals surface area contributed by atoms with Crippen LogP contribution < -0.4 is 5.32 Å². The van der Waals surface area contributed by atoms with Crippen LogP contribution in [0.15, 0.2) is 18.3 Å². The summed E-state index contributed by atoms with van der Waals surface area (Å²) in [5, 5.41) is 13.8. The van der Waals surface area contributed by atoms with Gasteiger partial charge < -0.3 is 15.4 Å². The van der Waals surface area contributed by atoms with Gasteiger partial charge in [0.25, 0.3) is 0 Å². The lowest BCUT2D eigenvalue weighted by Gasteiger charge is -2.06. The van der Waals surface area contributed by atoms with Gasteiger partial charge in [-0.05, 0) is 46.9 Å². The lowest BCUT2D eigenvalue weighted by atomic mass is 10.2. The maximum absolute atomic E-state index is 10.7. The van der Waals surface area contributed by atoms with E-state index in [1.54, 1.807) is 12.1 Å². The van der Waals surface area contributed by atoms with Crippen molar-refractivity contribution in [3.63, 3.8) is 0 Å². The highest BCUT2D eigenvalue weighted by Gasteiger charge is 2.12. The van der Waals surface area contributed by atoms with Gasteiger partial charge in [0.15, 0.2) is 0 Å². The first kappa shape index (κ1) is 14.8. The van der Waals surface area contributed by atoms with Gasteiger partial charge in [-0.15, -0.1) is 0 Å². The van der Waals surface area contributed by atoms with Crippen LogP contribution in [0, 0.1) is 10.1 Å². The molecule has 0 radical (unpaired) electrons. The Bertz CT molecular complexity index is 374. The molecule has 0 aromatic carbocycles. The summed E-state index contributed by atoms with van der Waals surface area (Å²) in [5.74, 6) is 1.11. The van der Waals surface area contributed by atoms with Crippen molar-refractivity contribution in [3.05, 3.63) is 28.4 Å². The Morgan fingerprint density at radius 3 is 2.89 bits per heavy atom. The van der Waals surface area contributed by atoms with Crippen LogP contribution in [0.1, 0.15) is 25.7 Å². The lowest BCUT2D eigenvalue weighted by Crippen LogP contribution is -2.05. The predicted molar refractivity (Wildman–Crippen MR) is 76.2 cm³/mol. The molecule has 0 spiro atoms. The Labute approximate surface area is 112 Å². The molecule has 1 heterocycles. The van der Waals surface area contributed by atoms with E-state index in [0.717, 1.165) is 19.4 Å². The second kappa shape index (κ2) is 8.74. The maximum Gasteiger partial charge on any atom is 0.386 e. The standard InChI is InChI=1S/C12H19N3O2S/c1-18-10-5-3-2-4-8-13-11-7-6-9-14-12(11)15(16)17/h6-7,9,13H,2-5,8,10H2,1H3. The molecule has 1 aromatic rings. The molecule has 0 aliphatic carbocycles. The normalized spacial score (nSPS) is 10.3. The molecule has 6 heteroatoms. The summed E-state index contributed by atoms with van der Waals surface area (Å²) < 4.78 is 0. The summed E-state index contributed by atoms with van der Waals surface area (Å²) in [5.41, 5.74) is 0.506. The number of anilines is 1. The quantitative estimate of drug-likeness (QED) is 0.423. The number of pyridine rings is 1. The van der Waals surface area contributed by atoms with Crippen molar-refractivity contribution in [1.82, 2.24) is 4.98 Å². The fourth-order valence-electron chi connectivity index (χ4n) is 1.63. The largest absolute Gasteiger partial charge is 0.386 e. The molecule has 0 fully saturated rings. The molecule has 100 valence electrons. The van der Waals surface area contributed by atoms with Gasteiger partial charge in [0, 0.05) is 6.54 Å². The fourth-order valence-corrected chi connectivity index (χ4v) is 2.12. The van der Waals surface area contributed by atoms with Crippen LogP contribution in [0.3, 0.4) is 0 Å². The maximum atomic E-state index is 10.7. The molecule has 0 saturated carbocycles. The van der Waals surface area contributed by atoms with Gasteiger partial charge >= 0.3 is 5.82 Å². The van der Waals surface area contributed by atoms with Gasteiger partial charge in [-0.3, -0.25) is 0 Å². The number of nitro groups is 1. The van der Waals surface area contributed by atoms with Crippen molar-refractivity contribution in [3.8, 4) is 0 Å². The Morgan fingerprint density at radius 2 is 2.17 bits per heavy atom. The monoisotopic (exact) mass is 269 g/mol. The third kappa shape index (κ3) is 5.35. The van der Waals surface area contributed by atoms with Crippen LogP contribution in [-0.2, 0) is 0 Å². The number of hydrogen-bond acceptors (Lipinski definition) is 5. The van der Waals surface area contributed by atoms with E-state index in [1.807, 2.05) is 11.8 Å². The van der Waals surface area contributed by atoms with E-state index in [9.17, 15) is 10.1 Å².